The monoisotopic (exact) mass is 434 g/mol. The topological polar surface area (TPSA) is 75.1 Å². The Morgan fingerprint density at radius 1 is 1.30 bits per heavy atom. The number of piperazine rings is 1. The van der Waals surface area contributed by atoms with E-state index in [4.69, 9.17) is 9.47 Å². The van der Waals surface area contributed by atoms with Gasteiger partial charge in [0.2, 0.25) is 5.13 Å². The van der Waals surface area contributed by atoms with Gasteiger partial charge in [-0.25, -0.2) is 9.37 Å². The Balaban J connectivity index is 1.30. The third-order valence-electron chi connectivity index (χ3n) is 5.26. The maximum atomic E-state index is 13.9. The van der Waals surface area contributed by atoms with Crippen molar-refractivity contribution < 1.29 is 13.9 Å². The Morgan fingerprint density at radius 2 is 2.13 bits per heavy atom. The van der Waals surface area contributed by atoms with Crippen LogP contribution >= 0.6 is 11.5 Å². The van der Waals surface area contributed by atoms with Gasteiger partial charge >= 0.3 is 0 Å². The van der Waals surface area contributed by atoms with E-state index in [0.29, 0.717) is 19.6 Å². The van der Waals surface area contributed by atoms with Crippen molar-refractivity contribution in [3.8, 4) is 5.75 Å². The first-order valence-corrected chi connectivity index (χ1v) is 11.0. The number of rotatable bonds is 5. The Kier molecular flexibility index (Phi) is 6.63. The van der Waals surface area contributed by atoms with Crippen LogP contribution < -0.4 is 15.0 Å². The Hall–Kier alpha value is -2.46. The van der Waals surface area contributed by atoms with Crippen molar-refractivity contribution in [2.75, 3.05) is 51.5 Å². The van der Waals surface area contributed by atoms with Gasteiger partial charge in [0.05, 0.1) is 6.61 Å². The van der Waals surface area contributed by atoms with E-state index in [-0.39, 0.29) is 12.6 Å². The summed E-state index contributed by atoms with van der Waals surface area (Å²) in [5, 5.41) is 4.40. The summed E-state index contributed by atoms with van der Waals surface area (Å²) >= 11 is 1.47. The number of ether oxygens (including phenoxy) is 2. The second-order valence-electron chi connectivity index (χ2n) is 7.21. The van der Waals surface area contributed by atoms with Crippen molar-refractivity contribution in [3.05, 3.63) is 34.9 Å². The van der Waals surface area contributed by atoms with E-state index >= 15 is 0 Å². The standard InChI is InChI=1S/C20H27FN6O2S/c1-3-17-24-20(30-25-17)27-8-6-26(7-9-27)19(22-2)23-5-4-14-10-16(21)11-15-12-28-13-29-18(14)15/h10-11H,3-9,12-13H2,1-2H3,(H,22,23). The van der Waals surface area contributed by atoms with E-state index in [1.54, 1.807) is 13.1 Å². The highest BCUT2D eigenvalue weighted by atomic mass is 32.1. The highest BCUT2D eigenvalue weighted by Gasteiger charge is 2.22. The van der Waals surface area contributed by atoms with Crippen LogP contribution in [-0.2, 0) is 24.2 Å². The van der Waals surface area contributed by atoms with Gasteiger partial charge in [-0.3, -0.25) is 4.99 Å². The van der Waals surface area contributed by atoms with Crippen LogP contribution in [0.2, 0.25) is 0 Å². The Morgan fingerprint density at radius 3 is 2.87 bits per heavy atom. The highest BCUT2D eigenvalue weighted by molar-refractivity contribution is 7.09. The molecule has 0 spiro atoms. The maximum Gasteiger partial charge on any atom is 0.205 e. The number of nitrogens with one attached hydrogen (secondary N) is 1. The number of fused-ring (bicyclic) bond motifs is 1. The van der Waals surface area contributed by atoms with Crippen LogP contribution in [0.3, 0.4) is 0 Å². The molecule has 0 bridgehead atoms. The SMILES string of the molecule is CCc1nsc(N2CCN(C(=NC)NCCc3cc(F)cc4c3OCOC4)CC2)n1. The summed E-state index contributed by atoms with van der Waals surface area (Å²) in [6.07, 6.45) is 1.50. The Labute approximate surface area is 179 Å². The Bertz CT molecular complexity index is 897. The molecule has 1 aromatic carbocycles. The molecule has 0 atom stereocenters. The number of guanidine groups is 1. The molecule has 1 aromatic heterocycles. The maximum absolute atomic E-state index is 13.9. The molecule has 4 rings (SSSR count). The van der Waals surface area contributed by atoms with Crippen molar-refractivity contribution in [1.29, 1.82) is 0 Å². The molecule has 10 heteroatoms. The third-order valence-corrected chi connectivity index (χ3v) is 6.08. The lowest BCUT2D eigenvalue weighted by molar-refractivity contribution is -0.0172. The van der Waals surface area contributed by atoms with Crippen molar-refractivity contribution in [2.45, 2.75) is 26.4 Å². The normalized spacial score (nSPS) is 17.0. The zero-order valence-electron chi connectivity index (χ0n) is 17.4. The van der Waals surface area contributed by atoms with Gasteiger partial charge in [0, 0.05) is 63.3 Å². The predicted octanol–water partition coefficient (Wildman–Crippen LogP) is 2.05. The fourth-order valence-electron chi connectivity index (χ4n) is 3.71. The van der Waals surface area contributed by atoms with Gasteiger partial charge in [0.25, 0.3) is 0 Å². The fourth-order valence-corrected chi connectivity index (χ4v) is 4.51. The number of benzene rings is 1. The van der Waals surface area contributed by atoms with E-state index in [9.17, 15) is 4.39 Å². The molecule has 162 valence electrons. The second kappa shape index (κ2) is 9.57. The van der Waals surface area contributed by atoms with Gasteiger partial charge in [0.1, 0.15) is 17.4 Å². The van der Waals surface area contributed by atoms with Crippen LogP contribution in [0.25, 0.3) is 0 Å². The molecular formula is C20H27FN6O2S. The lowest BCUT2D eigenvalue weighted by Crippen LogP contribution is -2.52. The van der Waals surface area contributed by atoms with Crippen molar-refractivity contribution in [2.24, 2.45) is 4.99 Å². The molecular weight excluding hydrogens is 407 g/mol. The molecule has 30 heavy (non-hydrogen) atoms. The molecule has 0 unspecified atom stereocenters. The first-order chi connectivity index (χ1) is 14.7. The minimum atomic E-state index is -0.263. The summed E-state index contributed by atoms with van der Waals surface area (Å²) in [6.45, 7) is 6.77. The van der Waals surface area contributed by atoms with Gasteiger partial charge in [-0.05, 0) is 24.1 Å². The van der Waals surface area contributed by atoms with Gasteiger partial charge < -0.3 is 24.6 Å². The zero-order chi connectivity index (χ0) is 20.9. The summed E-state index contributed by atoms with van der Waals surface area (Å²) in [5.74, 6) is 2.25. The summed E-state index contributed by atoms with van der Waals surface area (Å²) in [7, 11) is 1.79. The summed E-state index contributed by atoms with van der Waals surface area (Å²) in [5.41, 5.74) is 1.61. The fraction of sp³-hybridized carbons (Fsp3) is 0.550. The van der Waals surface area contributed by atoms with Crippen LogP contribution in [0.1, 0.15) is 23.9 Å². The summed E-state index contributed by atoms with van der Waals surface area (Å²) < 4.78 is 29.2. The van der Waals surface area contributed by atoms with Crippen LogP contribution in [-0.4, -0.2) is 66.8 Å². The number of aryl methyl sites for hydroxylation is 1. The molecule has 2 aliphatic heterocycles. The van der Waals surface area contributed by atoms with E-state index in [1.807, 2.05) is 0 Å². The highest BCUT2D eigenvalue weighted by Crippen LogP contribution is 2.29. The number of hydrogen-bond acceptors (Lipinski definition) is 7. The molecule has 8 nitrogen and oxygen atoms in total. The molecule has 3 heterocycles. The summed E-state index contributed by atoms with van der Waals surface area (Å²) in [6, 6.07) is 3.02. The number of aliphatic imine (C=N–C) groups is 1. The number of halogens is 1. The average molecular weight is 435 g/mol. The van der Waals surface area contributed by atoms with E-state index < -0.39 is 0 Å². The van der Waals surface area contributed by atoms with Crippen LogP contribution in [0.4, 0.5) is 9.52 Å². The average Bonchev–Trinajstić information content (AvgIpc) is 3.26. The smallest absolute Gasteiger partial charge is 0.205 e. The van der Waals surface area contributed by atoms with Crippen LogP contribution in [0.15, 0.2) is 17.1 Å². The number of aromatic nitrogens is 2. The minimum Gasteiger partial charge on any atom is -0.467 e. The first-order valence-electron chi connectivity index (χ1n) is 10.2. The van der Waals surface area contributed by atoms with Gasteiger partial charge in [-0.1, -0.05) is 6.92 Å². The lowest BCUT2D eigenvalue weighted by Gasteiger charge is -2.36. The van der Waals surface area contributed by atoms with Crippen molar-refractivity contribution >= 4 is 22.6 Å². The molecule has 0 aliphatic carbocycles. The largest absolute Gasteiger partial charge is 0.467 e. The van der Waals surface area contributed by atoms with Gasteiger partial charge in [0.15, 0.2) is 12.8 Å². The van der Waals surface area contributed by atoms with Gasteiger partial charge in [-0.2, -0.15) is 4.37 Å². The van der Waals surface area contributed by atoms with Gasteiger partial charge in [-0.15, -0.1) is 0 Å². The van der Waals surface area contributed by atoms with Crippen LogP contribution in [0, 0.1) is 5.82 Å². The van der Waals surface area contributed by atoms with E-state index in [2.05, 4.69) is 36.4 Å². The van der Waals surface area contributed by atoms with Crippen molar-refractivity contribution in [1.82, 2.24) is 19.6 Å². The first kappa shape index (κ1) is 20.8. The molecule has 1 saturated heterocycles. The summed E-state index contributed by atoms with van der Waals surface area (Å²) in [4.78, 5) is 13.5. The van der Waals surface area contributed by atoms with E-state index in [1.165, 1.54) is 17.6 Å². The number of anilines is 1. The molecule has 2 aromatic rings. The van der Waals surface area contributed by atoms with E-state index in [0.717, 1.165) is 66.4 Å². The van der Waals surface area contributed by atoms with Crippen molar-refractivity contribution in [3.63, 3.8) is 0 Å². The minimum absolute atomic E-state index is 0.208. The second-order valence-corrected chi connectivity index (χ2v) is 7.94. The molecule has 1 fully saturated rings. The molecule has 0 amide bonds. The third kappa shape index (κ3) is 4.65. The lowest BCUT2D eigenvalue weighted by atomic mass is 10.1. The number of nitrogens with zero attached hydrogens (tertiary/aromatic N) is 5. The molecule has 1 N–H and O–H groups in total. The predicted molar refractivity (Wildman–Crippen MR) is 115 cm³/mol. The molecule has 0 saturated carbocycles. The zero-order valence-corrected chi connectivity index (χ0v) is 18.2. The molecule has 0 radical (unpaired) electrons. The molecule has 2 aliphatic rings. The van der Waals surface area contributed by atoms with Crippen LogP contribution in [0.5, 0.6) is 5.75 Å². The number of hydrogen-bond donors (Lipinski definition) is 1. The quantitative estimate of drug-likeness (QED) is 0.570.